The van der Waals surface area contributed by atoms with Gasteiger partial charge in [-0.25, -0.2) is 0 Å². The number of nitrogens with zero attached hydrogens (tertiary/aromatic N) is 1. The number of anilines is 1. The summed E-state index contributed by atoms with van der Waals surface area (Å²) in [7, 11) is 0. The fraction of sp³-hybridized carbons (Fsp3) is 0.125. The number of non-ortho nitro benzene ring substituents is 1. The lowest BCUT2D eigenvalue weighted by molar-refractivity contribution is -0.384. The summed E-state index contributed by atoms with van der Waals surface area (Å²) in [6.07, 6.45) is 0. The van der Waals surface area contributed by atoms with Crippen molar-refractivity contribution in [2.45, 2.75) is 11.8 Å². The van der Waals surface area contributed by atoms with Gasteiger partial charge in [0.2, 0.25) is 5.91 Å². The van der Waals surface area contributed by atoms with Crippen LogP contribution in [0.5, 0.6) is 0 Å². The molecule has 0 atom stereocenters. The predicted octanol–water partition coefficient (Wildman–Crippen LogP) is 3.53. The summed E-state index contributed by atoms with van der Waals surface area (Å²) in [6, 6.07) is 12.7. The van der Waals surface area contributed by atoms with Crippen LogP contribution in [0.3, 0.4) is 0 Å². The van der Waals surface area contributed by atoms with Gasteiger partial charge in [-0.2, -0.15) is 0 Å². The average molecular weight is 330 g/mol. The Labute approximate surface area is 137 Å². The smallest absolute Gasteiger partial charge is 0.269 e. The minimum Gasteiger partial charge on any atom is -0.325 e. The lowest BCUT2D eigenvalue weighted by Crippen LogP contribution is -2.14. The van der Waals surface area contributed by atoms with Crippen LogP contribution in [0.4, 0.5) is 11.4 Å². The topological polar surface area (TPSA) is 89.3 Å². The first kappa shape index (κ1) is 16.7. The zero-order valence-electron chi connectivity index (χ0n) is 12.3. The Kier molecular flexibility index (Phi) is 5.48. The van der Waals surface area contributed by atoms with Crippen LogP contribution in [0.1, 0.15) is 17.3 Å². The first-order valence-electron chi connectivity index (χ1n) is 6.74. The lowest BCUT2D eigenvalue weighted by atomic mass is 10.1. The van der Waals surface area contributed by atoms with Gasteiger partial charge in [0.25, 0.3) is 5.69 Å². The molecule has 7 heteroatoms. The SMILES string of the molecule is CC(=O)c1ccc(NC(=O)CSc2ccc([N+](=O)[O-])cc2)cc1. The van der Waals surface area contributed by atoms with E-state index < -0.39 is 4.92 Å². The molecule has 0 bridgehead atoms. The van der Waals surface area contributed by atoms with Gasteiger partial charge in [0.15, 0.2) is 5.78 Å². The van der Waals surface area contributed by atoms with E-state index in [2.05, 4.69) is 5.32 Å². The highest BCUT2D eigenvalue weighted by Gasteiger charge is 2.07. The van der Waals surface area contributed by atoms with Crippen LogP contribution in [-0.4, -0.2) is 22.4 Å². The number of hydrogen-bond acceptors (Lipinski definition) is 5. The van der Waals surface area contributed by atoms with Crippen molar-refractivity contribution in [3.05, 3.63) is 64.2 Å². The molecule has 6 nitrogen and oxygen atoms in total. The van der Waals surface area contributed by atoms with Crippen molar-refractivity contribution < 1.29 is 14.5 Å². The van der Waals surface area contributed by atoms with Gasteiger partial charge in [-0.3, -0.25) is 19.7 Å². The first-order valence-corrected chi connectivity index (χ1v) is 7.72. The number of amides is 1. The summed E-state index contributed by atoms with van der Waals surface area (Å²) in [5.41, 5.74) is 1.22. The Bertz CT molecular complexity index is 727. The second-order valence-corrected chi connectivity index (χ2v) is 5.77. The predicted molar refractivity (Wildman–Crippen MR) is 88.9 cm³/mol. The summed E-state index contributed by atoms with van der Waals surface area (Å²) in [5, 5.41) is 13.3. The second kappa shape index (κ2) is 7.55. The number of rotatable bonds is 6. The summed E-state index contributed by atoms with van der Waals surface area (Å²) in [4.78, 5) is 33.9. The Balaban J connectivity index is 1.87. The Morgan fingerprint density at radius 2 is 1.70 bits per heavy atom. The molecule has 0 aromatic heterocycles. The normalized spacial score (nSPS) is 10.1. The molecule has 0 spiro atoms. The maximum atomic E-state index is 11.9. The number of nitro groups is 1. The van der Waals surface area contributed by atoms with Gasteiger partial charge in [0.1, 0.15) is 0 Å². The molecule has 0 heterocycles. The standard InChI is InChI=1S/C16H14N2O4S/c1-11(19)12-2-4-13(5-3-12)17-16(20)10-23-15-8-6-14(7-9-15)18(21)22/h2-9H,10H2,1H3,(H,17,20). The van der Waals surface area contributed by atoms with Gasteiger partial charge in [-0.1, -0.05) is 0 Å². The molecule has 2 aromatic carbocycles. The van der Waals surface area contributed by atoms with Crippen molar-refractivity contribution in [2.75, 3.05) is 11.1 Å². The van der Waals surface area contributed by atoms with Crippen molar-refractivity contribution in [1.29, 1.82) is 0 Å². The van der Waals surface area contributed by atoms with Crippen LogP contribution < -0.4 is 5.32 Å². The van der Waals surface area contributed by atoms with E-state index in [0.717, 1.165) is 4.90 Å². The van der Waals surface area contributed by atoms with Crippen LogP contribution in [0.15, 0.2) is 53.4 Å². The fourth-order valence-corrected chi connectivity index (χ4v) is 2.50. The largest absolute Gasteiger partial charge is 0.325 e. The molecule has 0 fully saturated rings. The van der Waals surface area contributed by atoms with E-state index >= 15 is 0 Å². The quantitative estimate of drug-likeness (QED) is 0.379. The van der Waals surface area contributed by atoms with E-state index in [1.165, 1.54) is 30.8 Å². The van der Waals surface area contributed by atoms with Crippen LogP contribution in [0.25, 0.3) is 0 Å². The molecule has 0 radical (unpaired) electrons. The van der Waals surface area contributed by atoms with E-state index in [1.54, 1.807) is 36.4 Å². The third kappa shape index (κ3) is 4.93. The van der Waals surface area contributed by atoms with E-state index in [0.29, 0.717) is 11.3 Å². The number of benzene rings is 2. The summed E-state index contributed by atoms with van der Waals surface area (Å²) in [6.45, 7) is 1.48. The number of nitro benzene ring substituents is 1. The van der Waals surface area contributed by atoms with Crippen molar-refractivity contribution in [1.82, 2.24) is 0 Å². The fourth-order valence-electron chi connectivity index (χ4n) is 1.80. The maximum Gasteiger partial charge on any atom is 0.269 e. The summed E-state index contributed by atoms with van der Waals surface area (Å²) < 4.78 is 0. The van der Waals surface area contributed by atoms with Gasteiger partial charge in [-0.05, 0) is 43.3 Å². The van der Waals surface area contributed by atoms with Gasteiger partial charge < -0.3 is 5.32 Å². The molecule has 2 aromatic rings. The van der Waals surface area contributed by atoms with Crippen LogP contribution in [0.2, 0.25) is 0 Å². The lowest BCUT2D eigenvalue weighted by Gasteiger charge is -2.06. The molecule has 2 rings (SSSR count). The zero-order chi connectivity index (χ0) is 16.8. The molecular weight excluding hydrogens is 316 g/mol. The summed E-state index contributed by atoms with van der Waals surface area (Å²) in [5.74, 6) is -0.0350. The molecule has 23 heavy (non-hydrogen) atoms. The van der Waals surface area contributed by atoms with Gasteiger partial charge >= 0.3 is 0 Å². The van der Waals surface area contributed by atoms with Crippen molar-refractivity contribution >= 4 is 34.8 Å². The number of Topliss-reactive ketones (excluding diaryl/α,β-unsaturated/α-hetero) is 1. The van der Waals surface area contributed by atoms with Gasteiger partial charge in [0.05, 0.1) is 10.7 Å². The monoisotopic (exact) mass is 330 g/mol. The summed E-state index contributed by atoms with van der Waals surface area (Å²) >= 11 is 1.29. The van der Waals surface area contributed by atoms with Crippen LogP contribution >= 0.6 is 11.8 Å². The molecule has 0 aliphatic carbocycles. The van der Waals surface area contributed by atoms with E-state index in [-0.39, 0.29) is 23.1 Å². The molecule has 0 unspecified atom stereocenters. The number of hydrogen-bond donors (Lipinski definition) is 1. The number of ketones is 1. The molecule has 118 valence electrons. The highest BCUT2D eigenvalue weighted by Crippen LogP contribution is 2.21. The zero-order valence-corrected chi connectivity index (χ0v) is 13.1. The Hall–Kier alpha value is -2.67. The molecular formula is C16H14N2O4S. The highest BCUT2D eigenvalue weighted by molar-refractivity contribution is 8.00. The minimum atomic E-state index is -0.466. The molecule has 1 amide bonds. The Morgan fingerprint density at radius 1 is 1.09 bits per heavy atom. The van der Waals surface area contributed by atoms with E-state index in [4.69, 9.17) is 0 Å². The molecule has 1 N–H and O–H groups in total. The van der Waals surface area contributed by atoms with Crippen LogP contribution in [-0.2, 0) is 4.79 Å². The van der Waals surface area contributed by atoms with E-state index in [1.807, 2.05) is 0 Å². The molecule has 0 aliphatic rings. The highest BCUT2D eigenvalue weighted by atomic mass is 32.2. The van der Waals surface area contributed by atoms with E-state index in [9.17, 15) is 19.7 Å². The molecule has 0 saturated carbocycles. The molecule has 0 aliphatic heterocycles. The van der Waals surface area contributed by atoms with Crippen molar-refractivity contribution in [3.8, 4) is 0 Å². The number of carbonyl (C=O) groups excluding carboxylic acids is 2. The third-order valence-electron chi connectivity index (χ3n) is 2.99. The number of carbonyl (C=O) groups is 2. The number of nitrogens with one attached hydrogen (secondary N) is 1. The average Bonchev–Trinajstić information content (AvgIpc) is 2.54. The first-order chi connectivity index (χ1) is 11.0. The second-order valence-electron chi connectivity index (χ2n) is 4.72. The van der Waals surface area contributed by atoms with Crippen molar-refractivity contribution in [2.24, 2.45) is 0 Å². The van der Waals surface area contributed by atoms with Gasteiger partial charge in [0, 0.05) is 28.3 Å². The third-order valence-corrected chi connectivity index (χ3v) is 4.00. The maximum absolute atomic E-state index is 11.9. The molecule has 0 saturated heterocycles. The Morgan fingerprint density at radius 3 is 2.22 bits per heavy atom. The number of thioether (sulfide) groups is 1. The minimum absolute atomic E-state index is 0.0179. The van der Waals surface area contributed by atoms with Crippen LogP contribution in [0, 0.1) is 10.1 Å². The van der Waals surface area contributed by atoms with Gasteiger partial charge in [-0.15, -0.1) is 11.8 Å². The van der Waals surface area contributed by atoms with Crippen molar-refractivity contribution in [3.63, 3.8) is 0 Å².